The predicted octanol–water partition coefficient (Wildman–Crippen LogP) is 3.63. The first-order chi connectivity index (χ1) is 13.3. The quantitative estimate of drug-likeness (QED) is 0.533. The zero-order valence-electron chi connectivity index (χ0n) is 16.5. The maximum Gasteiger partial charge on any atom is 0.341 e. The van der Waals surface area contributed by atoms with E-state index in [9.17, 15) is 14.4 Å². The van der Waals surface area contributed by atoms with Gasteiger partial charge in [-0.2, -0.15) is 0 Å². The van der Waals surface area contributed by atoms with E-state index in [1.807, 2.05) is 0 Å². The Balaban J connectivity index is 2.27. The van der Waals surface area contributed by atoms with Gasteiger partial charge in [0.2, 0.25) is 5.91 Å². The first-order valence-electron chi connectivity index (χ1n) is 8.64. The van der Waals surface area contributed by atoms with E-state index in [4.69, 9.17) is 14.2 Å². The van der Waals surface area contributed by atoms with E-state index >= 15 is 0 Å². The number of hydrogen-bond donors (Lipinski definition) is 1. The Morgan fingerprint density at radius 2 is 1.79 bits per heavy atom. The predicted molar refractivity (Wildman–Crippen MR) is 107 cm³/mol. The molecular weight excluding hydrogens is 382 g/mol. The van der Waals surface area contributed by atoms with E-state index in [-0.39, 0.29) is 30.3 Å². The monoisotopic (exact) mass is 405 g/mol. The number of ether oxygens (including phenoxy) is 3. The van der Waals surface area contributed by atoms with Crippen LogP contribution in [-0.2, 0) is 16.0 Å². The van der Waals surface area contributed by atoms with E-state index < -0.39 is 5.97 Å². The number of benzene rings is 1. The minimum Gasteiger partial charge on any atom is -0.493 e. The summed E-state index contributed by atoms with van der Waals surface area (Å²) in [5, 5.41) is 3.05. The largest absolute Gasteiger partial charge is 0.493 e. The minimum atomic E-state index is -0.565. The molecule has 1 N–H and O–H groups in total. The lowest BCUT2D eigenvalue weighted by molar-refractivity contribution is -0.115. The molecule has 0 atom stereocenters. The molecule has 1 aromatic carbocycles. The van der Waals surface area contributed by atoms with Gasteiger partial charge in [0.25, 0.3) is 0 Å². The van der Waals surface area contributed by atoms with E-state index in [0.29, 0.717) is 32.5 Å². The Morgan fingerprint density at radius 1 is 1.11 bits per heavy atom. The highest BCUT2D eigenvalue weighted by atomic mass is 32.1. The summed E-state index contributed by atoms with van der Waals surface area (Å²) < 4.78 is 15.5. The minimum absolute atomic E-state index is 0.0645. The fraction of sp³-hybridized carbons (Fsp3) is 0.350. The van der Waals surface area contributed by atoms with Crippen LogP contribution in [0.15, 0.2) is 18.2 Å². The van der Waals surface area contributed by atoms with Crippen LogP contribution in [0.4, 0.5) is 5.00 Å². The fourth-order valence-electron chi connectivity index (χ4n) is 2.73. The summed E-state index contributed by atoms with van der Waals surface area (Å²) in [5.41, 5.74) is 1.45. The summed E-state index contributed by atoms with van der Waals surface area (Å²) in [4.78, 5) is 37.1. The van der Waals surface area contributed by atoms with Crippen molar-refractivity contribution < 1.29 is 28.6 Å². The van der Waals surface area contributed by atoms with Crippen molar-refractivity contribution in [1.82, 2.24) is 0 Å². The summed E-state index contributed by atoms with van der Waals surface area (Å²) >= 11 is 1.07. The van der Waals surface area contributed by atoms with Crippen LogP contribution in [0.5, 0.6) is 11.5 Å². The number of esters is 1. The molecule has 0 fully saturated rings. The number of carbonyl (C=O) groups is 3. The molecule has 1 aromatic heterocycles. The Kier molecular flexibility index (Phi) is 7.17. The Morgan fingerprint density at radius 3 is 2.36 bits per heavy atom. The molecule has 28 heavy (non-hydrogen) atoms. The lowest BCUT2D eigenvalue weighted by atomic mass is 10.1. The van der Waals surface area contributed by atoms with Gasteiger partial charge >= 0.3 is 5.97 Å². The van der Waals surface area contributed by atoms with Gasteiger partial charge in [0.15, 0.2) is 17.3 Å². The van der Waals surface area contributed by atoms with Crippen LogP contribution in [0.2, 0.25) is 0 Å². The van der Waals surface area contributed by atoms with Gasteiger partial charge in [-0.3, -0.25) is 9.59 Å². The van der Waals surface area contributed by atoms with Gasteiger partial charge in [0.1, 0.15) is 5.00 Å². The fourth-order valence-corrected chi connectivity index (χ4v) is 3.84. The molecule has 0 radical (unpaired) electrons. The second-order valence-electron chi connectivity index (χ2n) is 5.95. The molecule has 0 saturated carbocycles. The van der Waals surface area contributed by atoms with Gasteiger partial charge in [-0.25, -0.2) is 4.79 Å². The SMILES string of the molecule is CCOC(=O)c1c(NC(=O)Cc2ccc(OC)c(OC)c2)sc(C(C)=O)c1C. The van der Waals surface area contributed by atoms with E-state index in [2.05, 4.69) is 5.32 Å². The molecule has 0 aliphatic rings. The van der Waals surface area contributed by atoms with Crippen LogP contribution >= 0.6 is 11.3 Å². The summed E-state index contributed by atoms with van der Waals surface area (Å²) in [7, 11) is 3.05. The van der Waals surface area contributed by atoms with Crippen LogP contribution in [0.25, 0.3) is 0 Å². The van der Waals surface area contributed by atoms with E-state index in [1.165, 1.54) is 21.1 Å². The van der Waals surface area contributed by atoms with Crippen molar-refractivity contribution in [3.8, 4) is 11.5 Å². The molecule has 8 heteroatoms. The van der Waals surface area contributed by atoms with Crippen LogP contribution in [0.3, 0.4) is 0 Å². The Bertz CT molecular complexity index is 902. The third kappa shape index (κ3) is 4.69. The van der Waals surface area contributed by atoms with Gasteiger partial charge in [0, 0.05) is 0 Å². The van der Waals surface area contributed by atoms with Gasteiger partial charge in [-0.1, -0.05) is 6.07 Å². The molecular formula is C20H23NO6S. The highest BCUT2D eigenvalue weighted by Crippen LogP contribution is 2.34. The topological polar surface area (TPSA) is 90.9 Å². The van der Waals surface area contributed by atoms with Gasteiger partial charge < -0.3 is 19.5 Å². The summed E-state index contributed by atoms with van der Waals surface area (Å²) in [6, 6.07) is 5.19. The van der Waals surface area contributed by atoms with Crippen LogP contribution in [-0.4, -0.2) is 38.5 Å². The zero-order chi connectivity index (χ0) is 20.8. The van der Waals surface area contributed by atoms with Crippen LogP contribution < -0.4 is 14.8 Å². The number of Topliss-reactive ketones (excluding diaryl/α,β-unsaturated/α-hetero) is 1. The number of hydrogen-bond acceptors (Lipinski definition) is 7. The van der Waals surface area contributed by atoms with Gasteiger partial charge in [0.05, 0.1) is 37.7 Å². The molecule has 1 amide bonds. The third-order valence-electron chi connectivity index (χ3n) is 4.01. The van der Waals surface area contributed by atoms with Crippen molar-refractivity contribution >= 4 is 34.0 Å². The van der Waals surface area contributed by atoms with Crippen molar-refractivity contribution in [3.63, 3.8) is 0 Å². The molecule has 2 aromatic rings. The third-order valence-corrected chi connectivity index (χ3v) is 5.32. The average molecular weight is 405 g/mol. The number of rotatable bonds is 8. The molecule has 2 rings (SSSR count). The summed E-state index contributed by atoms with van der Waals surface area (Å²) in [6.07, 6.45) is 0.0645. The first-order valence-corrected chi connectivity index (χ1v) is 9.46. The second kappa shape index (κ2) is 9.36. The molecule has 0 spiro atoms. The Hall–Kier alpha value is -2.87. The molecule has 150 valence electrons. The smallest absolute Gasteiger partial charge is 0.341 e. The standard InChI is InChI=1S/C20H23NO6S/c1-6-27-20(24)17-11(2)18(12(3)22)28-19(17)21-16(23)10-13-7-8-14(25-4)15(9-13)26-5/h7-9H,6,10H2,1-5H3,(H,21,23). The number of nitrogens with one attached hydrogen (secondary N) is 1. The number of ketones is 1. The summed E-state index contributed by atoms with van der Waals surface area (Å²) in [6.45, 7) is 4.98. The average Bonchev–Trinajstić information content (AvgIpc) is 2.97. The number of amides is 1. The Labute approximate surface area is 167 Å². The van der Waals surface area contributed by atoms with E-state index in [0.717, 1.165) is 11.3 Å². The van der Waals surface area contributed by atoms with Crippen LogP contribution in [0, 0.1) is 6.92 Å². The van der Waals surface area contributed by atoms with Crippen molar-refractivity contribution in [2.45, 2.75) is 27.2 Å². The normalized spacial score (nSPS) is 10.3. The maximum atomic E-state index is 12.5. The molecule has 1 heterocycles. The zero-order valence-corrected chi connectivity index (χ0v) is 17.3. The van der Waals surface area contributed by atoms with Gasteiger partial charge in [-0.05, 0) is 44.0 Å². The molecule has 0 saturated heterocycles. The highest BCUT2D eigenvalue weighted by molar-refractivity contribution is 7.18. The van der Waals surface area contributed by atoms with Crippen molar-refractivity contribution in [2.24, 2.45) is 0 Å². The number of methoxy groups -OCH3 is 2. The first kappa shape index (κ1) is 21.4. The molecule has 0 aliphatic carbocycles. The molecule has 7 nitrogen and oxygen atoms in total. The summed E-state index contributed by atoms with van der Waals surface area (Å²) in [5.74, 6) is 0.0230. The molecule has 0 aliphatic heterocycles. The second-order valence-corrected chi connectivity index (χ2v) is 6.97. The van der Waals surface area contributed by atoms with Crippen molar-refractivity contribution in [1.29, 1.82) is 0 Å². The van der Waals surface area contributed by atoms with Crippen molar-refractivity contribution in [2.75, 3.05) is 26.1 Å². The molecule has 0 unspecified atom stereocenters. The lowest BCUT2D eigenvalue weighted by Crippen LogP contribution is -2.16. The highest BCUT2D eigenvalue weighted by Gasteiger charge is 2.25. The maximum absolute atomic E-state index is 12.5. The van der Waals surface area contributed by atoms with E-state index in [1.54, 1.807) is 32.0 Å². The molecule has 0 bridgehead atoms. The lowest BCUT2D eigenvalue weighted by Gasteiger charge is -2.10. The van der Waals surface area contributed by atoms with Crippen LogP contribution in [0.1, 0.15) is 45.0 Å². The number of thiophene rings is 1. The van der Waals surface area contributed by atoms with Crippen molar-refractivity contribution in [3.05, 3.63) is 39.8 Å². The number of carbonyl (C=O) groups excluding carboxylic acids is 3. The van der Waals surface area contributed by atoms with Gasteiger partial charge in [-0.15, -0.1) is 11.3 Å². The number of anilines is 1.